The van der Waals surface area contributed by atoms with Crippen LogP contribution in [0.15, 0.2) is 6.20 Å². The number of hydrazine groups is 1. The Bertz CT molecular complexity index is 618. The van der Waals surface area contributed by atoms with E-state index in [0.717, 1.165) is 42.8 Å². The summed E-state index contributed by atoms with van der Waals surface area (Å²) in [6, 6.07) is 0. The van der Waals surface area contributed by atoms with Gasteiger partial charge in [0.25, 0.3) is 0 Å². The second-order valence-electron chi connectivity index (χ2n) is 5.35. The Morgan fingerprint density at radius 3 is 2.81 bits per heavy atom. The largest absolute Gasteiger partial charge is 0.381 e. The minimum atomic E-state index is 0.378. The number of nitrogen functional groups attached to an aromatic ring is 1. The number of methoxy groups -OCH3 is 1. The third-order valence-corrected chi connectivity index (χ3v) is 4.01. The Morgan fingerprint density at radius 1 is 1.38 bits per heavy atom. The van der Waals surface area contributed by atoms with Gasteiger partial charge in [0.1, 0.15) is 5.82 Å². The zero-order valence-corrected chi connectivity index (χ0v) is 12.4. The third kappa shape index (κ3) is 2.82. The van der Waals surface area contributed by atoms with E-state index in [9.17, 15) is 0 Å². The molecule has 0 saturated carbocycles. The molecule has 0 aliphatic carbocycles. The minimum absolute atomic E-state index is 0.378. The summed E-state index contributed by atoms with van der Waals surface area (Å²) in [7, 11) is 3.64. The molecule has 1 aliphatic heterocycles. The van der Waals surface area contributed by atoms with E-state index in [-0.39, 0.29) is 0 Å². The highest BCUT2D eigenvalue weighted by Crippen LogP contribution is 2.20. The number of aromatic nitrogens is 4. The fraction of sp³-hybridized carbons (Fsp3) is 0.615. The number of piperidine rings is 1. The van der Waals surface area contributed by atoms with Gasteiger partial charge in [-0.05, 0) is 12.8 Å². The molecule has 3 N–H and O–H groups in total. The van der Waals surface area contributed by atoms with Crippen molar-refractivity contribution in [1.82, 2.24) is 24.6 Å². The second kappa shape index (κ2) is 5.92. The van der Waals surface area contributed by atoms with Crippen molar-refractivity contribution < 1.29 is 4.74 Å². The van der Waals surface area contributed by atoms with Crippen LogP contribution in [0.4, 0.5) is 5.82 Å². The molecule has 21 heavy (non-hydrogen) atoms. The standard InChI is InChI=1S/C13H21N7O/c1-19-13-10(7-15-19)12(18-14)16-11(17-13)8-20-5-3-9(21-2)4-6-20/h7,9H,3-6,8,14H2,1-2H3,(H,16,17,18). The molecular formula is C13H21N7O. The van der Waals surface area contributed by atoms with Crippen LogP contribution in [0.1, 0.15) is 18.7 Å². The summed E-state index contributed by atoms with van der Waals surface area (Å²) in [5.41, 5.74) is 3.43. The molecule has 0 spiro atoms. The van der Waals surface area contributed by atoms with Crippen LogP contribution in [0.3, 0.4) is 0 Å². The number of nitrogens with two attached hydrogens (primary N) is 1. The summed E-state index contributed by atoms with van der Waals surface area (Å²) in [6.07, 6.45) is 4.19. The molecule has 0 unspecified atom stereocenters. The predicted octanol–water partition coefficient (Wildman–Crippen LogP) is 0.260. The highest BCUT2D eigenvalue weighted by Gasteiger charge is 2.20. The van der Waals surface area contributed by atoms with Gasteiger partial charge in [-0.25, -0.2) is 15.8 Å². The molecule has 1 fully saturated rings. The molecule has 0 aromatic carbocycles. The summed E-state index contributed by atoms with van der Waals surface area (Å²) in [5, 5.41) is 5.04. The van der Waals surface area contributed by atoms with E-state index in [2.05, 4.69) is 25.4 Å². The fourth-order valence-corrected chi connectivity index (χ4v) is 2.75. The quantitative estimate of drug-likeness (QED) is 0.616. The summed E-state index contributed by atoms with van der Waals surface area (Å²) < 4.78 is 7.13. The van der Waals surface area contributed by atoms with Gasteiger partial charge in [-0.1, -0.05) is 0 Å². The number of rotatable bonds is 4. The first kappa shape index (κ1) is 14.2. The molecule has 8 heteroatoms. The van der Waals surface area contributed by atoms with Crippen LogP contribution in [0.5, 0.6) is 0 Å². The molecule has 0 amide bonds. The first-order valence-corrected chi connectivity index (χ1v) is 7.11. The van der Waals surface area contributed by atoms with Crippen molar-refractivity contribution >= 4 is 16.9 Å². The van der Waals surface area contributed by atoms with E-state index in [1.165, 1.54) is 0 Å². The average molecular weight is 291 g/mol. The topological polar surface area (TPSA) is 94.1 Å². The number of hydrogen-bond donors (Lipinski definition) is 2. The third-order valence-electron chi connectivity index (χ3n) is 4.01. The molecule has 3 heterocycles. The number of ether oxygens (including phenoxy) is 1. The molecular weight excluding hydrogens is 270 g/mol. The van der Waals surface area contributed by atoms with E-state index in [0.29, 0.717) is 18.5 Å². The van der Waals surface area contributed by atoms with Crippen LogP contribution in [0.2, 0.25) is 0 Å². The maximum atomic E-state index is 5.56. The van der Waals surface area contributed by atoms with Gasteiger partial charge >= 0.3 is 0 Å². The van der Waals surface area contributed by atoms with Crippen LogP contribution in [0.25, 0.3) is 11.0 Å². The van der Waals surface area contributed by atoms with Gasteiger partial charge in [-0.3, -0.25) is 9.58 Å². The maximum Gasteiger partial charge on any atom is 0.163 e. The van der Waals surface area contributed by atoms with Gasteiger partial charge in [0.05, 0.1) is 24.2 Å². The van der Waals surface area contributed by atoms with Crippen molar-refractivity contribution in [2.24, 2.45) is 12.9 Å². The van der Waals surface area contributed by atoms with E-state index in [1.807, 2.05) is 7.05 Å². The lowest BCUT2D eigenvalue weighted by atomic mass is 10.1. The van der Waals surface area contributed by atoms with E-state index in [1.54, 1.807) is 18.0 Å². The Kier molecular flexibility index (Phi) is 4.00. The number of hydrogen-bond acceptors (Lipinski definition) is 7. The molecule has 0 radical (unpaired) electrons. The van der Waals surface area contributed by atoms with Gasteiger partial charge in [-0.15, -0.1) is 0 Å². The predicted molar refractivity (Wildman–Crippen MR) is 79.4 cm³/mol. The van der Waals surface area contributed by atoms with E-state index >= 15 is 0 Å². The molecule has 8 nitrogen and oxygen atoms in total. The number of nitrogens with one attached hydrogen (secondary N) is 1. The molecule has 2 aromatic heterocycles. The van der Waals surface area contributed by atoms with Crippen molar-refractivity contribution in [1.29, 1.82) is 0 Å². The minimum Gasteiger partial charge on any atom is -0.381 e. The summed E-state index contributed by atoms with van der Waals surface area (Å²) in [5.74, 6) is 6.94. The number of aryl methyl sites for hydroxylation is 1. The van der Waals surface area contributed by atoms with E-state index in [4.69, 9.17) is 10.6 Å². The van der Waals surface area contributed by atoms with Crippen LogP contribution < -0.4 is 11.3 Å². The average Bonchev–Trinajstić information content (AvgIpc) is 2.89. The zero-order valence-electron chi connectivity index (χ0n) is 12.4. The first-order chi connectivity index (χ1) is 10.2. The van der Waals surface area contributed by atoms with Crippen LogP contribution in [-0.4, -0.2) is 51.0 Å². The Hall–Kier alpha value is -1.77. The summed E-state index contributed by atoms with van der Waals surface area (Å²) >= 11 is 0. The van der Waals surface area contributed by atoms with Crippen LogP contribution >= 0.6 is 0 Å². The first-order valence-electron chi connectivity index (χ1n) is 7.11. The van der Waals surface area contributed by atoms with Crippen molar-refractivity contribution in [3.05, 3.63) is 12.0 Å². The lowest BCUT2D eigenvalue weighted by Gasteiger charge is -2.30. The maximum absolute atomic E-state index is 5.56. The lowest BCUT2D eigenvalue weighted by Crippen LogP contribution is -2.36. The van der Waals surface area contributed by atoms with E-state index < -0.39 is 0 Å². The SMILES string of the molecule is COC1CCN(Cc2nc(NN)c3cnn(C)c3n2)CC1. The summed E-state index contributed by atoms with van der Waals surface area (Å²) in [4.78, 5) is 11.4. The Morgan fingerprint density at radius 2 is 2.14 bits per heavy atom. The number of fused-ring (bicyclic) bond motifs is 1. The molecule has 0 atom stereocenters. The molecule has 1 aliphatic rings. The fourth-order valence-electron chi connectivity index (χ4n) is 2.75. The normalized spacial score (nSPS) is 17.5. The molecule has 0 bridgehead atoms. The van der Waals surface area contributed by atoms with Gasteiger partial charge in [-0.2, -0.15) is 5.10 Å². The zero-order chi connectivity index (χ0) is 14.8. The van der Waals surface area contributed by atoms with Crippen molar-refractivity contribution in [2.45, 2.75) is 25.5 Å². The molecule has 114 valence electrons. The van der Waals surface area contributed by atoms with Gasteiger partial charge in [0, 0.05) is 27.2 Å². The highest BCUT2D eigenvalue weighted by molar-refractivity contribution is 5.86. The molecule has 3 rings (SSSR count). The number of likely N-dealkylation sites (tertiary alicyclic amines) is 1. The molecule has 1 saturated heterocycles. The number of nitrogens with zero attached hydrogens (tertiary/aromatic N) is 5. The van der Waals surface area contributed by atoms with Crippen molar-refractivity contribution in [3.8, 4) is 0 Å². The lowest BCUT2D eigenvalue weighted by molar-refractivity contribution is 0.0382. The van der Waals surface area contributed by atoms with Gasteiger partial charge < -0.3 is 10.2 Å². The Labute approximate surface area is 123 Å². The van der Waals surface area contributed by atoms with Crippen molar-refractivity contribution in [3.63, 3.8) is 0 Å². The second-order valence-corrected chi connectivity index (χ2v) is 5.35. The van der Waals surface area contributed by atoms with Gasteiger partial charge in [0.2, 0.25) is 0 Å². The Balaban J connectivity index is 1.79. The monoisotopic (exact) mass is 291 g/mol. The highest BCUT2D eigenvalue weighted by atomic mass is 16.5. The smallest absolute Gasteiger partial charge is 0.163 e. The van der Waals surface area contributed by atoms with Crippen molar-refractivity contribution in [2.75, 3.05) is 25.6 Å². The van der Waals surface area contributed by atoms with Crippen LogP contribution in [-0.2, 0) is 18.3 Å². The van der Waals surface area contributed by atoms with Crippen LogP contribution in [0, 0.1) is 0 Å². The number of anilines is 1. The summed E-state index contributed by atoms with van der Waals surface area (Å²) in [6.45, 7) is 2.71. The van der Waals surface area contributed by atoms with Gasteiger partial charge in [0.15, 0.2) is 11.5 Å². The molecule has 2 aromatic rings.